The predicted molar refractivity (Wildman–Crippen MR) is 115 cm³/mol. The van der Waals surface area contributed by atoms with Crippen molar-refractivity contribution in [2.24, 2.45) is 0 Å². The molecule has 0 bridgehead atoms. The quantitative estimate of drug-likeness (QED) is 0.662. The number of nitrogens with one attached hydrogen (secondary N) is 2. The highest BCUT2D eigenvalue weighted by Crippen LogP contribution is 2.30. The van der Waals surface area contributed by atoms with Gasteiger partial charge in [-0.15, -0.1) is 0 Å². The minimum atomic E-state index is -4.38. The van der Waals surface area contributed by atoms with Crippen molar-refractivity contribution in [3.8, 4) is 0 Å². The zero-order valence-corrected chi connectivity index (χ0v) is 17.9. The lowest BCUT2D eigenvalue weighted by Crippen LogP contribution is -2.52. The number of aldehydes is 1. The fraction of sp³-hybridized carbons (Fsp3) is 0.500. The summed E-state index contributed by atoms with van der Waals surface area (Å²) < 4.78 is 38.4. The van der Waals surface area contributed by atoms with Gasteiger partial charge < -0.3 is 15.0 Å². The first-order valence-corrected chi connectivity index (χ1v) is 10.8. The van der Waals surface area contributed by atoms with Crippen LogP contribution in [0.15, 0.2) is 30.6 Å². The number of piperazine rings is 1. The van der Waals surface area contributed by atoms with Gasteiger partial charge in [0.05, 0.1) is 17.5 Å². The molecule has 0 radical (unpaired) electrons. The number of hydrogen-bond acceptors (Lipinski definition) is 6. The van der Waals surface area contributed by atoms with E-state index < -0.39 is 11.7 Å². The van der Waals surface area contributed by atoms with Crippen molar-refractivity contribution in [1.82, 2.24) is 25.4 Å². The van der Waals surface area contributed by atoms with Crippen LogP contribution in [0.4, 0.5) is 19.0 Å². The maximum Gasteiger partial charge on any atom is 0.417 e. The predicted octanol–water partition coefficient (Wildman–Crippen LogP) is 2.87. The van der Waals surface area contributed by atoms with E-state index in [-0.39, 0.29) is 12.1 Å². The number of carbonyl (C=O) groups excluding carboxylic acids is 1. The smallest absolute Gasteiger partial charge is 0.351 e. The van der Waals surface area contributed by atoms with Crippen LogP contribution in [0.25, 0.3) is 5.57 Å². The van der Waals surface area contributed by atoms with Gasteiger partial charge in [0.25, 0.3) is 0 Å². The van der Waals surface area contributed by atoms with Gasteiger partial charge >= 0.3 is 6.18 Å². The van der Waals surface area contributed by atoms with E-state index in [1.54, 1.807) is 0 Å². The van der Waals surface area contributed by atoms with Crippen LogP contribution in [0.5, 0.6) is 0 Å². The van der Waals surface area contributed by atoms with Crippen molar-refractivity contribution in [1.29, 1.82) is 0 Å². The molecule has 4 heterocycles. The number of alkyl halides is 3. The van der Waals surface area contributed by atoms with Crippen molar-refractivity contribution in [2.75, 3.05) is 31.1 Å². The molecule has 1 saturated heterocycles. The number of carbonyl (C=O) groups is 1. The Balaban J connectivity index is 1.40. The molecule has 7 nitrogen and oxygen atoms in total. The summed E-state index contributed by atoms with van der Waals surface area (Å²) >= 11 is 0. The minimum absolute atomic E-state index is 0.0483. The molecule has 0 spiro atoms. The summed E-state index contributed by atoms with van der Waals surface area (Å²) in [7, 11) is 0. The standard InChI is InChI=1S/C22H27F3N6O/c1-15-13-30(7-8-31(15)20-3-2-18(12-27-20)22(23,24)25)14-17-11-28-29-21(17)16-4-6-26-19(10-16)5-9-32/h2-3,9-12,15,19,26H,4-8,13-14H2,1H3,(H,28,29)/t15-,19?/m1/s1. The lowest BCUT2D eigenvalue weighted by atomic mass is 9.97. The molecule has 10 heteroatoms. The number of rotatable bonds is 6. The number of aromatic amines is 1. The van der Waals surface area contributed by atoms with E-state index in [9.17, 15) is 18.0 Å². The van der Waals surface area contributed by atoms with E-state index in [2.05, 4.69) is 38.4 Å². The van der Waals surface area contributed by atoms with Gasteiger partial charge in [0, 0.05) is 56.4 Å². The molecule has 4 rings (SSSR count). The third-order valence-electron chi connectivity index (χ3n) is 6.07. The van der Waals surface area contributed by atoms with E-state index in [0.29, 0.717) is 18.8 Å². The maximum absolute atomic E-state index is 12.8. The topological polar surface area (TPSA) is 77.2 Å². The first-order chi connectivity index (χ1) is 15.3. The molecule has 0 amide bonds. The molecule has 2 aliphatic rings. The molecule has 2 N–H and O–H groups in total. The fourth-order valence-electron chi connectivity index (χ4n) is 4.43. The average molecular weight is 448 g/mol. The Kier molecular flexibility index (Phi) is 6.61. The van der Waals surface area contributed by atoms with Crippen LogP contribution in [0.2, 0.25) is 0 Å². The van der Waals surface area contributed by atoms with Crippen LogP contribution in [0.1, 0.15) is 36.6 Å². The van der Waals surface area contributed by atoms with Gasteiger partial charge in [-0.25, -0.2) is 4.98 Å². The molecule has 2 aliphatic heterocycles. The second-order valence-corrected chi connectivity index (χ2v) is 8.36. The van der Waals surface area contributed by atoms with E-state index in [0.717, 1.165) is 62.4 Å². The highest BCUT2D eigenvalue weighted by atomic mass is 19.4. The second-order valence-electron chi connectivity index (χ2n) is 8.36. The van der Waals surface area contributed by atoms with Crippen LogP contribution < -0.4 is 10.2 Å². The second kappa shape index (κ2) is 9.41. The molecule has 2 aromatic heterocycles. The highest BCUT2D eigenvalue weighted by Gasteiger charge is 2.32. The average Bonchev–Trinajstić information content (AvgIpc) is 3.22. The summed E-state index contributed by atoms with van der Waals surface area (Å²) in [6.07, 6.45) is 2.72. The van der Waals surface area contributed by atoms with Crippen LogP contribution in [-0.2, 0) is 17.5 Å². The van der Waals surface area contributed by atoms with Crippen molar-refractivity contribution < 1.29 is 18.0 Å². The van der Waals surface area contributed by atoms with Gasteiger partial charge in [-0.2, -0.15) is 18.3 Å². The summed E-state index contributed by atoms with van der Waals surface area (Å²) in [5, 5.41) is 10.7. The van der Waals surface area contributed by atoms with E-state index in [4.69, 9.17) is 0 Å². The van der Waals surface area contributed by atoms with E-state index in [1.807, 2.05) is 11.1 Å². The summed E-state index contributed by atoms with van der Waals surface area (Å²) in [5.74, 6) is 0.565. The highest BCUT2D eigenvalue weighted by molar-refractivity contribution is 5.67. The fourth-order valence-corrected chi connectivity index (χ4v) is 4.43. The van der Waals surface area contributed by atoms with Crippen LogP contribution in [0, 0.1) is 0 Å². The monoisotopic (exact) mass is 448 g/mol. The van der Waals surface area contributed by atoms with Gasteiger partial charge in [0.15, 0.2) is 0 Å². The number of H-pyrrole nitrogens is 1. The molecule has 0 aliphatic carbocycles. The SMILES string of the molecule is C[C@@H]1CN(Cc2cn[nH]c2C2=CC(CC=O)NCC2)CCN1c1ccc(C(F)(F)F)cn1. The Morgan fingerprint density at radius 2 is 2.09 bits per heavy atom. The third kappa shape index (κ3) is 5.02. The van der Waals surface area contributed by atoms with Crippen molar-refractivity contribution >= 4 is 17.7 Å². The van der Waals surface area contributed by atoms with Gasteiger partial charge in [0.2, 0.25) is 0 Å². The maximum atomic E-state index is 12.8. The summed E-state index contributed by atoms with van der Waals surface area (Å²) in [5.41, 5.74) is 2.56. The molecular weight excluding hydrogens is 421 g/mol. The van der Waals surface area contributed by atoms with Crippen LogP contribution >= 0.6 is 0 Å². The zero-order chi connectivity index (χ0) is 22.7. The molecule has 0 saturated carbocycles. The van der Waals surface area contributed by atoms with Crippen LogP contribution in [-0.4, -0.2) is 64.6 Å². The lowest BCUT2D eigenvalue weighted by molar-refractivity contribution is -0.137. The number of anilines is 1. The largest absolute Gasteiger partial charge is 0.417 e. The van der Waals surface area contributed by atoms with Crippen molar-refractivity contribution in [2.45, 2.75) is 44.6 Å². The molecule has 172 valence electrons. The Labute approximate surface area is 184 Å². The number of nitrogens with zero attached hydrogens (tertiary/aromatic N) is 4. The number of halogens is 3. The van der Waals surface area contributed by atoms with E-state index in [1.165, 1.54) is 11.6 Å². The van der Waals surface area contributed by atoms with Gasteiger partial charge in [-0.1, -0.05) is 6.08 Å². The molecule has 0 aromatic carbocycles. The molecule has 1 unspecified atom stereocenters. The first-order valence-electron chi connectivity index (χ1n) is 10.8. The summed E-state index contributed by atoms with van der Waals surface area (Å²) in [6.45, 7) is 5.82. The third-order valence-corrected chi connectivity index (χ3v) is 6.07. The van der Waals surface area contributed by atoms with Gasteiger partial charge in [0.1, 0.15) is 12.1 Å². The Hall–Kier alpha value is -2.72. The zero-order valence-electron chi connectivity index (χ0n) is 17.9. The number of aromatic nitrogens is 3. The first kappa shape index (κ1) is 22.5. The molecular formula is C22H27F3N6O. The molecule has 2 aromatic rings. The van der Waals surface area contributed by atoms with E-state index >= 15 is 0 Å². The number of pyridine rings is 1. The van der Waals surface area contributed by atoms with Gasteiger partial charge in [-0.3, -0.25) is 10.00 Å². The molecule has 1 fully saturated rings. The van der Waals surface area contributed by atoms with Gasteiger partial charge in [-0.05, 0) is 37.6 Å². The summed E-state index contributed by atoms with van der Waals surface area (Å²) in [6, 6.07) is 2.69. The summed E-state index contributed by atoms with van der Waals surface area (Å²) in [4.78, 5) is 19.3. The van der Waals surface area contributed by atoms with Crippen molar-refractivity contribution in [3.63, 3.8) is 0 Å². The minimum Gasteiger partial charge on any atom is -0.351 e. The van der Waals surface area contributed by atoms with Crippen LogP contribution in [0.3, 0.4) is 0 Å². The normalized spacial score (nSPS) is 22.6. The van der Waals surface area contributed by atoms with Crippen molar-refractivity contribution in [3.05, 3.63) is 47.4 Å². The molecule has 2 atom stereocenters. The Morgan fingerprint density at radius 1 is 1.25 bits per heavy atom. The Bertz CT molecular complexity index is 955. The molecule has 32 heavy (non-hydrogen) atoms. The Morgan fingerprint density at radius 3 is 2.78 bits per heavy atom. The number of hydrogen-bond donors (Lipinski definition) is 2. The lowest BCUT2D eigenvalue weighted by Gasteiger charge is -2.40.